The van der Waals surface area contributed by atoms with Crippen LogP contribution in [0, 0.1) is 11.7 Å². The molecule has 2 atom stereocenters. The van der Waals surface area contributed by atoms with E-state index in [1.165, 1.54) is 18.9 Å². The number of nitrogens with one attached hydrogen (secondary N) is 1. The van der Waals surface area contributed by atoms with Crippen LogP contribution in [0.4, 0.5) is 4.39 Å². The van der Waals surface area contributed by atoms with Crippen LogP contribution in [0.5, 0.6) is 0 Å². The van der Waals surface area contributed by atoms with E-state index in [4.69, 9.17) is 5.73 Å². The Labute approximate surface area is 110 Å². The van der Waals surface area contributed by atoms with Crippen molar-refractivity contribution in [2.75, 3.05) is 6.54 Å². The third-order valence-corrected chi connectivity index (χ3v) is 4.02. The first kappa shape index (κ1) is 13.0. The fourth-order valence-corrected chi connectivity index (χ4v) is 2.92. The van der Waals surface area contributed by atoms with Crippen LogP contribution < -0.4 is 11.1 Å². The van der Waals surface area contributed by atoms with Crippen LogP contribution in [0.25, 0.3) is 0 Å². The normalized spacial score (nSPS) is 24.2. The summed E-state index contributed by atoms with van der Waals surface area (Å²) in [5, 5.41) is 3.43. The second-order valence-corrected chi connectivity index (χ2v) is 5.57. The van der Waals surface area contributed by atoms with Crippen LogP contribution in [-0.4, -0.2) is 12.6 Å². The quantitative estimate of drug-likeness (QED) is 0.897. The summed E-state index contributed by atoms with van der Waals surface area (Å²) in [6.07, 6.45) is 3.56. The Bertz CT molecular complexity index is 384. The van der Waals surface area contributed by atoms with Crippen molar-refractivity contribution in [2.45, 2.75) is 31.8 Å². The van der Waals surface area contributed by atoms with Gasteiger partial charge in [-0.2, -0.15) is 0 Å². The minimum absolute atomic E-state index is 0.150. The van der Waals surface area contributed by atoms with Crippen molar-refractivity contribution in [3.05, 3.63) is 34.1 Å². The highest BCUT2D eigenvalue weighted by Gasteiger charge is 2.25. The third-order valence-electron chi connectivity index (χ3n) is 3.52. The summed E-state index contributed by atoms with van der Waals surface area (Å²) in [4.78, 5) is 0. The van der Waals surface area contributed by atoms with Gasteiger partial charge in [0, 0.05) is 22.6 Å². The second-order valence-electron chi connectivity index (χ2n) is 4.65. The number of hydrogen-bond acceptors (Lipinski definition) is 2. The first-order valence-corrected chi connectivity index (χ1v) is 6.87. The molecule has 2 rings (SSSR count). The molecule has 0 aromatic heterocycles. The molecule has 4 heteroatoms. The topological polar surface area (TPSA) is 38.0 Å². The summed E-state index contributed by atoms with van der Waals surface area (Å²) < 4.78 is 14.5. The molecule has 1 fully saturated rings. The van der Waals surface area contributed by atoms with Crippen LogP contribution in [0.3, 0.4) is 0 Å². The molecule has 1 saturated carbocycles. The van der Waals surface area contributed by atoms with E-state index in [9.17, 15) is 4.39 Å². The minimum atomic E-state index is -0.150. The minimum Gasteiger partial charge on any atom is -0.330 e. The fourth-order valence-electron chi connectivity index (χ4n) is 2.51. The molecule has 0 amide bonds. The Morgan fingerprint density at radius 1 is 1.41 bits per heavy atom. The molecule has 0 aliphatic heterocycles. The van der Waals surface area contributed by atoms with Gasteiger partial charge >= 0.3 is 0 Å². The van der Waals surface area contributed by atoms with Crippen molar-refractivity contribution < 1.29 is 4.39 Å². The van der Waals surface area contributed by atoms with Gasteiger partial charge in [0.15, 0.2) is 0 Å². The van der Waals surface area contributed by atoms with Crippen LogP contribution >= 0.6 is 15.9 Å². The lowest BCUT2D eigenvalue weighted by Crippen LogP contribution is -2.35. The summed E-state index contributed by atoms with van der Waals surface area (Å²) in [5.74, 6) is 0.396. The van der Waals surface area contributed by atoms with Crippen LogP contribution in [0.15, 0.2) is 22.7 Å². The van der Waals surface area contributed by atoms with E-state index in [1.54, 1.807) is 6.07 Å². The average molecular weight is 301 g/mol. The maximum atomic E-state index is 13.5. The fraction of sp³-hybridized carbons (Fsp3) is 0.538. The molecule has 0 saturated heterocycles. The molecule has 1 aromatic rings. The Hall–Kier alpha value is -0.450. The van der Waals surface area contributed by atoms with Crippen molar-refractivity contribution in [1.29, 1.82) is 0 Å². The van der Waals surface area contributed by atoms with Crippen molar-refractivity contribution in [3.63, 3.8) is 0 Å². The van der Waals surface area contributed by atoms with Crippen molar-refractivity contribution in [1.82, 2.24) is 5.32 Å². The summed E-state index contributed by atoms with van der Waals surface area (Å²) in [6.45, 7) is 1.30. The summed E-state index contributed by atoms with van der Waals surface area (Å²) in [5.41, 5.74) is 6.44. The lowest BCUT2D eigenvalue weighted by molar-refractivity contribution is 0.403. The third kappa shape index (κ3) is 3.27. The molecule has 0 bridgehead atoms. The Morgan fingerprint density at radius 3 is 3.00 bits per heavy atom. The van der Waals surface area contributed by atoms with Crippen molar-refractivity contribution >= 4 is 15.9 Å². The second kappa shape index (κ2) is 5.94. The SMILES string of the molecule is NCC1CCCC1NCc1cc(Br)ccc1F. The zero-order valence-electron chi connectivity index (χ0n) is 9.76. The monoisotopic (exact) mass is 300 g/mol. The molecule has 1 aromatic carbocycles. The van der Waals surface area contributed by atoms with Crippen molar-refractivity contribution in [2.24, 2.45) is 11.7 Å². The van der Waals surface area contributed by atoms with Gasteiger partial charge in [-0.25, -0.2) is 4.39 Å². The Balaban J connectivity index is 1.95. The summed E-state index contributed by atoms with van der Waals surface area (Å²) >= 11 is 3.36. The summed E-state index contributed by atoms with van der Waals surface area (Å²) in [6, 6.07) is 5.49. The molecule has 0 radical (unpaired) electrons. The first-order chi connectivity index (χ1) is 8.20. The van der Waals surface area contributed by atoms with Crippen LogP contribution in [0.1, 0.15) is 24.8 Å². The van der Waals surface area contributed by atoms with E-state index in [1.807, 2.05) is 6.07 Å². The molecule has 0 heterocycles. The standard InChI is InChI=1S/C13H18BrFN2/c14-11-4-5-12(15)10(6-11)8-17-13-3-1-2-9(13)7-16/h4-6,9,13,17H,1-3,7-8,16H2. The lowest BCUT2D eigenvalue weighted by atomic mass is 10.0. The van der Waals surface area contributed by atoms with E-state index in [0.717, 1.165) is 17.4 Å². The highest BCUT2D eigenvalue weighted by molar-refractivity contribution is 9.10. The molecular formula is C13H18BrFN2. The number of hydrogen-bond donors (Lipinski definition) is 2. The van der Waals surface area contributed by atoms with Gasteiger partial charge in [0.2, 0.25) is 0 Å². The average Bonchev–Trinajstić information content (AvgIpc) is 2.77. The molecule has 1 aliphatic carbocycles. The van der Waals surface area contributed by atoms with E-state index in [0.29, 0.717) is 24.1 Å². The van der Waals surface area contributed by atoms with Gasteiger partial charge in [0.1, 0.15) is 5.82 Å². The maximum Gasteiger partial charge on any atom is 0.127 e. The number of nitrogens with two attached hydrogens (primary N) is 1. The molecule has 0 spiro atoms. The van der Waals surface area contributed by atoms with E-state index in [2.05, 4.69) is 21.2 Å². The molecule has 3 N–H and O–H groups in total. The van der Waals surface area contributed by atoms with E-state index < -0.39 is 0 Å². The molecular weight excluding hydrogens is 283 g/mol. The summed E-state index contributed by atoms with van der Waals surface area (Å²) in [7, 11) is 0. The predicted octanol–water partition coefficient (Wildman–Crippen LogP) is 2.81. The predicted molar refractivity (Wildman–Crippen MR) is 71.1 cm³/mol. The van der Waals surface area contributed by atoms with Gasteiger partial charge < -0.3 is 11.1 Å². The smallest absolute Gasteiger partial charge is 0.127 e. The van der Waals surface area contributed by atoms with E-state index in [-0.39, 0.29) is 5.82 Å². The van der Waals surface area contributed by atoms with Crippen LogP contribution in [0.2, 0.25) is 0 Å². The maximum absolute atomic E-state index is 13.5. The lowest BCUT2D eigenvalue weighted by Gasteiger charge is -2.19. The molecule has 17 heavy (non-hydrogen) atoms. The van der Waals surface area contributed by atoms with E-state index >= 15 is 0 Å². The Morgan fingerprint density at radius 2 is 2.24 bits per heavy atom. The Kier molecular flexibility index (Phi) is 4.54. The highest BCUT2D eigenvalue weighted by Crippen LogP contribution is 2.25. The number of halogens is 2. The molecule has 1 aliphatic rings. The number of rotatable bonds is 4. The number of benzene rings is 1. The highest BCUT2D eigenvalue weighted by atomic mass is 79.9. The molecule has 2 nitrogen and oxygen atoms in total. The van der Waals surface area contributed by atoms with Crippen LogP contribution in [-0.2, 0) is 6.54 Å². The van der Waals surface area contributed by atoms with Crippen molar-refractivity contribution in [3.8, 4) is 0 Å². The zero-order valence-corrected chi connectivity index (χ0v) is 11.3. The molecule has 94 valence electrons. The van der Waals surface area contributed by atoms with Gasteiger partial charge in [0.05, 0.1) is 0 Å². The van der Waals surface area contributed by atoms with Gasteiger partial charge in [-0.1, -0.05) is 22.4 Å². The first-order valence-electron chi connectivity index (χ1n) is 6.08. The largest absolute Gasteiger partial charge is 0.330 e. The van der Waals surface area contributed by atoms with Gasteiger partial charge in [0.25, 0.3) is 0 Å². The van der Waals surface area contributed by atoms with Gasteiger partial charge in [-0.05, 0) is 43.5 Å². The van der Waals surface area contributed by atoms with Gasteiger partial charge in [-0.3, -0.25) is 0 Å². The molecule has 2 unspecified atom stereocenters. The van der Waals surface area contributed by atoms with Gasteiger partial charge in [-0.15, -0.1) is 0 Å². The zero-order chi connectivity index (χ0) is 12.3.